The Bertz CT molecular complexity index is 1870. The Morgan fingerprint density at radius 3 is 2.31 bits per heavy atom. The molecule has 42 heavy (non-hydrogen) atoms. The number of nitrogens with one attached hydrogen (secondary N) is 1. The van der Waals surface area contributed by atoms with Crippen LogP contribution in [0.4, 0.5) is 28.6 Å². The third-order valence-electron chi connectivity index (χ3n) is 7.80. The van der Waals surface area contributed by atoms with Gasteiger partial charge in [0.15, 0.2) is 17.5 Å². The fourth-order valence-electron chi connectivity index (χ4n) is 5.62. The molecule has 208 valence electrons. The number of aryl methyl sites for hydroxylation is 2. The molecular formula is C34H30ClN7. The topological polar surface area (TPSA) is 61.1 Å². The molecule has 2 aliphatic heterocycles. The molecular weight excluding hydrogens is 542 g/mol. The summed E-state index contributed by atoms with van der Waals surface area (Å²) >= 11 is 6.51. The maximum absolute atomic E-state index is 6.51. The number of aromatic nitrogens is 2. The van der Waals surface area contributed by atoms with Crippen molar-refractivity contribution in [2.45, 2.75) is 19.9 Å². The largest absolute Gasteiger partial charge is 0.378 e. The summed E-state index contributed by atoms with van der Waals surface area (Å²) in [5, 5.41) is 9.26. The SMILES string of the molecule is Cc1ccc(NC2=Nc3ccccc3N3C2=Nc2c(c(C)nn2-c2ccccc2)C3c2ccc(N(C)C)cc2)cc1Cl. The average Bonchev–Trinajstić information content (AvgIpc) is 3.34. The predicted octanol–water partition coefficient (Wildman–Crippen LogP) is 8.00. The molecule has 0 radical (unpaired) electrons. The number of amidine groups is 2. The van der Waals surface area contributed by atoms with Crippen molar-refractivity contribution in [2.75, 3.05) is 29.2 Å². The summed E-state index contributed by atoms with van der Waals surface area (Å²) in [6, 6.07) is 32.8. The molecule has 0 bridgehead atoms. The van der Waals surface area contributed by atoms with Gasteiger partial charge < -0.3 is 15.1 Å². The number of fused-ring (bicyclic) bond motifs is 4. The van der Waals surface area contributed by atoms with E-state index < -0.39 is 0 Å². The van der Waals surface area contributed by atoms with Crippen LogP contribution < -0.4 is 15.1 Å². The number of rotatable bonds is 4. The van der Waals surface area contributed by atoms with Crippen molar-refractivity contribution < 1.29 is 0 Å². The van der Waals surface area contributed by atoms with E-state index in [4.69, 9.17) is 26.7 Å². The smallest absolute Gasteiger partial charge is 0.179 e. The fraction of sp³-hybridized carbons (Fsp3) is 0.147. The zero-order valence-corrected chi connectivity index (χ0v) is 24.6. The van der Waals surface area contributed by atoms with Gasteiger partial charge in [0, 0.05) is 36.1 Å². The van der Waals surface area contributed by atoms with Crippen LogP contribution in [-0.4, -0.2) is 35.5 Å². The Morgan fingerprint density at radius 2 is 1.57 bits per heavy atom. The monoisotopic (exact) mass is 571 g/mol. The van der Waals surface area contributed by atoms with E-state index in [9.17, 15) is 0 Å². The Balaban J connectivity index is 1.47. The lowest BCUT2D eigenvalue weighted by Crippen LogP contribution is -2.46. The summed E-state index contributed by atoms with van der Waals surface area (Å²) in [7, 11) is 4.11. The molecule has 8 heteroatoms. The summed E-state index contributed by atoms with van der Waals surface area (Å²) in [5.41, 5.74) is 8.94. The standard InChI is InChI=1S/C34H30ClN7/c1-21-14-17-24(20-27(21)35)36-32-34-38-33-30(22(2)39-42(33)26-10-6-5-7-11-26)31(23-15-18-25(19-16-23)40(3)4)41(34)29-13-9-8-12-28(29)37-32/h5-20,31H,1-4H3,(H,36,37). The lowest BCUT2D eigenvalue weighted by Gasteiger charge is -2.40. The molecule has 4 aromatic carbocycles. The van der Waals surface area contributed by atoms with Gasteiger partial charge >= 0.3 is 0 Å². The molecule has 0 fully saturated rings. The van der Waals surface area contributed by atoms with Gasteiger partial charge in [0.25, 0.3) is 0 Å². The number of hydrogen-bond donors (Lipinski definition) is 1. The number of halogens is 1. The molecule has 1 atom stereocenters. The molecule has 5 aromatic rings. The maximum atomic E-state index is 6.51. The van der Waals surface area contributed by atoms with Crippen molar-refractivity contribution in [1.82, 2.24) is 9.78 Å². The minimum atomic E-state index is -0.184. The average molecular weight is 572 g/mol. The Kier molecular flexibility index (Phi) is 6.32. The first-order valence-electron chi connectivity index (χ1n) is 13.9. The van der Waals surface area contributed by atoms with E-state index >= 15 is 0 Å². The van der Waals surface area contributed by atoms with Crippen molar-refractivity contribution in [1.29, 1.82) is 0 Å². The molecule has 7 nitrogen and oxygen atoms in total. The van der Waals surface area contributed by atoms with Crippen LogP contribution in [0.15, 0.2) is 107 Å². The highest BCUT2D eigenvalue weighted by Gasteiger charge is 2.41. The quantitative estimate of drug-likeness (QED) is 0.237. The Morgan fingerprint density at radius 1 is 0.833 bits per heavy atom. The number of benzene rings is 4. The summed E-state index contributed by atoms with van der Waals surface area (Å²) in [5.74, 6) is 2.16. The molecule has 0 saturated carbocycles. The molecule has 3 heterocycles. The van der Waals surface area contributed by atoms with Gasteiger partial charge in [0.2, 0.25) is 0 Å². The third kappa shape index (κ3) is 4.33. The third-order valence-corrected chi connectivity index (χ3v) is 8.21. The van der Waals surface area contributed by atoms with Crippen molar-refractivity contribution in [2.24, 2.45) is 9.98 Å². The highest BCUT2D eigenvalue weighted by atomic mass is 35.5. The molecule has 7 rings (SSSR count). The van der Waals surface area contributed by atoms with Crippen LogP contribution in [-0.2, 0) is 0 Å². The van der Waals surface area contributed by atoms with Crippen molar-refractivity contribution >= 4 is 51.8 Å². The van der Waals surface area contributed by atoms with Crippen LogP contribution >= 0.6 is 11.6 Å². The zero-order valence-electron chi connectivity index (χ0n) is 23.9. The number of anilines is 3. The van der Waals surface area contributed by atoms with E-state index in [-0.39, 0.29) is 6.04 Å². The second-order valence-corrected chi connectivity index (χ2v) is 11.2. The molecule has 1 N–H and O–H groups in total. The normalized spacial score (nSPS) is 15.3. The van der Waals surface area contributed by atoms with Gasteiger partial charge in [-0.25, -0.2) is 14.7 Å². The number of hydrogen-bond acceptors (Lipinski definition) is 6. The first-order chi connectivity index (χ1) is 20.4. The summed E-state index contributed by atoms with van der Waals surface area (Å²) < 4.78 is 1.94. The predicted molar refractivity (Wildman–Crippen MR) is 174 cm³/mol. The van der Waals surface area contributed by atoms with Crippen LogP contribution in [0.25, 0.3) is 5.69 Å². The van der Waals surface area contributed by atoms with E-state index in [1.54, 1.807) is 0 Å². The van der Waals surface area contributed by atoms with Crippen LogP contribution in [0.5, 0.6) is 0 Å². The molecule has 0 amide bonds. The molecule has 0 saturated heterocycles. The highest BCUT2D eigenvalue weighted by molar-refractivity contribution is 6.51. The molecule has 1 unspecified atom stereocenters. The Hall–Kier alpha value is -4.88. The minimum absolute atomic E-state index is 0.184. The van der Waals surface area contributed by atoms with Crippen LogP contribution in [0.1, 0.15) is 28.4 Å². The summed E-state index contributed by atoms with van der Waals surface area (Å²) in [4.78, 5) is 14.8. The van der Waals surface area contributed by atoms with Gasteiger partial charge in [-0.05, 0) is 73.5 Å². The first-order valence-corrected chi connectivity index (χ1v) is 14.3. The van der Waals surface area contributed by atoms with Crippen LogP contribution in [0.3, 0.4) is 0 Å². The zero-order chi connectivity index (χ0) is 29.0. The van der Waals surface area contributed by atoms with Gasteiger partial charge in [-0.2, -0.15) is 5.10 Å². The highest BCUT2D eigenvalue weighted by Crippen LogP contribution is 2.48. The molecule has 0 aliphatic carbocycles. The van der Waals surface area contributed by atoms with Gasteiger partial charge in [-0.3, -0.25) is 0 Å². The van der Waals surface area contributed by atoms with E-state index in [1.807, 2.05) is 66.2 Å². The van der Waals surface area contributed by atoms with E-state index in [0.29, 0.717) is 10.9 Å². The lowest BCUT2D eigenvalue weighted by atomic mass is 9.93. The van der Waals surface area contributed by atoms with E-state index in [1.165, 1.54) is 0 Å². The summed E-state index contributed by atoms with van der Waals surface area (Å²) in [6.45, 7) is 4.06. The fourth-order valence-corrected chi connectivity index (χ4v) is 5.80. The second-order valence-electron chi connectivity index (χ2n) is 10.8. The maximum Gasteiger partial charge on any atom is 0.179 e. The molecule has 1 aromatic heterocycles. The van der Waals surface area contributed by atoms with E-state index in [2.05, 4.69) is 78.6 Å². The lowest BCUT2D eigenvalue weighted by molar-refractivity contribution is 0.815. The van der Waals surface area contributed by atoms with Crippen molar-refractivity contribution in [3.63, 3.8) is 0 Å². The summed E-state index contributed by atoms with van der Waals surface area (Å²) in [6.07, 6.45) is 0. The second kappa shape index (κ2) is 10.2. The van der Waals surface area contributed by atoms with Crippen molar-refractivity contribution in [3.05, 3.63) is 124 Å². The molecule has 0 spiro atoms. The number of aliphatic imine (C=N–C) groups is 2. The Labute approximate surface area is 250 Å². The van der Waals surface area contributed by atoms with E-state index in [0.717, 1.165) is 62.5 Å². The van der Waals surface area contributed by atoms with Gasteiger partial charge in [0.05, 0.1) is 28.8 Å². The minimum Gasteiger partial charge on any atom is -0.378 e. The molecule has 2 aliphatic rings. The number of para-hydroxylation sites is 3. The van der Waals surface area contributed by atoms with Crippen molar-refractivity contribution in [3.8, 4) is 5.69 Å². The van der Waals surface area contributed by atoms with Gasteiger partial charge in [0.1, 0.15) is 0 Å². The first kappa shape index (κ1) is 26.0. The van der Waals surface area contributed by atoms with Crippen LogP contribution in [0.2, 0.25) is 5.02 Å². The van der Waals surface area contributed by atoms with Gasteiger partial charge in [-0.15, -0.1) is 0 Å². The van der Waals surface area contributed by atoms with Crippen LogP contribution in [0, 0.1) is 13.8 Å². The van der Waals surface area contributed by atoms with Gasteiger partial charge in [-0.1, -0.05) is 60.1 Å². The number of nitrogens with zero attached hydrogens (tertiary/aromatic N) is 6.